The highest BCUT2D eigenvalue weighted by molar-refractivity contribution is 6.21. The number of fused-ring (bicyclic) bond motifs is 3. The van der Waals surface area contributed by atoms with E-state index >= 15 is 0 Å². The van der Waals surface area contributed by atoms with Crippen molar-refractivity contribution in [1.82, 2.24) is 0 Å². The number of ketones is 2. The van der Waals surface area contributed by atoms with Gasteiger partial charge < -0.3 is 19.7 Å². The van der Waals surface area contributed by atoms with Crippen LogP contribution in [0.5, 0.6) is 17.2 Å². The smallest absolute Gasteiger partial charge is 0.270 e. The lowest BCUT2D eigenvalue weighted by Gasteiger charge is -2.15. The maximum Gasteiger partial charge on any atom is 0.270 e. The average molecular weight is 302 g/mol. The fourth-order valence-corrected chi connectivity index (χ4v) is 2.77. The SMILES string of the molecule is COc1cccc2c3c(c(C(C)=O)c(O)c12)C(=O)C(C)(O)O3. The Bertz CT molecular complexity index is 834. The second kappa shape index (κ2) is 4.45. The minimum atomic E-state index is -2.07. The number of rotatable bonds is 2. The zero-order valence-electron chi connectivity index (χ0n) is 12.3. The van der Waals surface area contributed by atoms with Crippen molar-refractivity contribution < 1.29 is 29.3 Å². The number of hydrogen-bond donors (Lipinski definition) is 2. The van der Waals surface area contributed by atoms with Crippen LogP contribution >= 0.6 is 0 Å². The first-order chi connectivity index (χ1) is 10.3. The summed E-state index contributed by atoms with van der Waals surface area (Å²) in [4.78, 5) is 24.3. The predicted molar refractivity (Wildman–Crippen MR) is 77.8 cm³/mol. The first-order valence-electron chi connectivity index (χ1n) is 6.62. The molecular weight excluding hydrogens is 288 g/mol. The van der Waals surface area contributed by atoms with E-state index in [1.54, 1.807) is 18.2 Å². The Morgan fingerprint density at radius 3 is 2.64 bits per heavy atom. The number of hydrogen-bond acceptors (Lipinski definition) is 6. The van der Waals surface area contributed by atoms with Crippen LogP contribution in [-0.4, -0.2) is 34.7 Å². The molecule has 2 N–H and O–H groups in total. The van der Waals surface area contributed by atoms with Crippen LogP contribution in [0.2, 0.25) is 0 Å². The van der Waals surface area contributed by atoms with Gasteiger partial charge in [-0.3, -0.25) is 9.59 Å². The third-order valence-corrected chi connectivity index (χ3v) is 3.74. The summed E-state index contributed by atoms with van der Waals surface area (Å²) in [5.41, 5.74) is -0.273. The maximum atomic E-state index is 12.3. The van der Waals surface area contributed by atoms with Crippen LogP contribution in [0.15, 0.2) is 18.2 Å². The van der Waals surface area contributed by atoms with E-state index in [0.29, 0.717) is 11.1 Å². The Morgan fingerprint density at radius 1 is 1.36 bits per heavy atom. The van der Waals surface area contributed by atoms with Crippen LogP contribution in [0, 0.1) is 0 Å². The number of carbonyl (C=O) groups excluding carboxylic acids is 2. The first-order valence-corrected chi connectivity index (χ1v) is 6.62. The molecule has 1 heterocycles. The number of Topliss-reactive ketones (excluding diaryl/α,β-unsaturated/α-hetero) is 2. The highest BCUT2D eigenvalue weighted by atomic mass is 16.6. The summed E-state index contributed by atoms with van der Waals surface area (Å²) in [5.74, 6) is -3.27. The van der Waals surface area contributed by atoms with Crippen molar-refractivity contribution in [3.05, 3.63) is 29.3 Å². The third-order valence-electron chi connectivity index (χ3n) is 3.74. The number of methoxy groups -OCH3 is 1. The van der Waals surface area contributed by atoms with Gasteiger partial charge in [-0.2, -0.15) is 0 Å². The molecule has 114 valence electrons. The van der Waals surface area contributed by atoms with Crippen LogP contribution in [-0.2, 0) is 0 Å². The van der Waals surface area contributed by atoms with Crippen LogP contribution < -0.4 is 9.47 Å². The summed E-state index contributed by atoms with van der Waals surface area (Å²) < 4.78 is 10.6. The minimum Gasteiger partial charge on any atom is -0.506 e. The van der Waals surface area contributed by atoms with Gasteiger partial charge >= 0.3 is 0 Å². The summed E-state index contributed by atoms with van der Waals surface area (Å²) in [6.45, 7) is 2.43. The normalized spacial score (nSPS) is 19.9. The highest BCUT2D eigenvalue weighted by Crippen LogP contribution is 2.49. The van der Waals surface area contributed by atoms with Crippen molar-refractivity contribution in [2.45, 2.75) is 19.6 Å². The lowest BCUT2D eigenvalue weighted by atomic mass is 9.92. The topological polar surface area (TPSA) is 93.1 Å². The Balaban J connectivity index is 2.55. The molecule has 3 rings (SSSR count). The second-order valence-electron chi connectivity index (χ2n) is 5.28. The Labute approximate surface area is 125 Å². The van der Waals surface area contributed by atoms with Gasteiger partial charge in [0.2, 0.25) is 5.78 Å². The minimum absolute atomic E-state index is 0.0758. The molecule has 2 aromatic rings. The van der Waals surface area contributed by atoms with Crippen LogP contribution in [0.1, 0.15) is 34.6 Å². The van der Waals surface area contributed by atoms with Crippen molar-refractivity contribution in [2.75, 3.05) is 7.11 Å². The molecule has 22 heavy (non-hydrogen) atoms. The van der Waals surface area contributed by atoms with E-state index in [4.69, 9.17) is 9.47 Å². The molecule has 0 bridgehead atoms. The largest absolute Gasteiger partial charge is 0.506 e. The number of phenolic OH excluding ortho intramolecular Hbond substituents is 1. The van der Waals surface area contributed by atoms with E-state index < -0.39 is 17.4 Å². The molecule has 1 atom stereocenters. The summed E-state index contributed by atoms with van der Waals surface area (Å²) in [5, 5.41) is 21.2. The van der Waals surface area contributed by atoms with Gasteiger partial charge in [-0.05, 0) is 13.0 Å². The number of aromatic hydroxyl groups is 1. The quantitative estimate of drug-likeness (QED) is 0.825. The molecule has 0 amide bonds. The van der Waals surface area contributed by atoms with Crippen LogP contribution in [0.4, 0.5) is 0 Å². The molecule has 0 saturated heterocycles. The van der Waals surface area contributed by atoms with Gasteiger partial charge in [0.1, 0.15) is 17.2 Å². The van der Waals surface area contributed by atoms with Gasteiger partial charge in [0.05, 0.1) is 23.6 Å². The van der Waals surface area contributed by atoms with Gasteiger partial charge in [0.25, 0.3) is 5.79 Å². The molecule has 0 saturated carbocycles. The van der Waals surface area contributed by atoms with E-state index in [2.05, 4.69) is 0 Å². The molecule has 6 nitrogen and oxygen atoms in total. The lowest BCUT2D eigenvalue weighted by molar-refractivity contribution is -0.0742. The van der Waals surface area contributed by atoms with Crippen molar-refractivity contribution in [3.63, 3.8) is 0 Å². The molecule has 6 heteroatoms. The molecule has 0 radical (unpaired) electrons. The highest BCUT2D eigenvalue weighted by Gasteiger charge is 2.46. The fraction of sp³-hybridized carbons (Fsp3) is 0.250. The van der Waals surface area contributed by atoms with E-state index in [9.17, 15) is 19.8 Å². The molecule has 0 aliphatic carbocycles. The molecule has 0 fully saturated rings. The van der Waals surface area contributed by atoms with Crippen LogP contribution in [0.25, 0.3) is 10.8 Å². The summed E-state index contributed by atoms with van der Waals surface area (Å²) in [7, 11) is 1.43. The zero-order valence-corrected chi connectivity index (χ0v) is 12.3. The maximum absolute atomic E-state index is 12.3. The predicted octanol–water partition coefficient (Wildman–Crippen LogP) is 2.04. The van der Waals surface area contributed by atoms with Gasteiger partial charge in [-0.25, -0.2) is 0 Å². The number of carbonyl (C=O) groups is 2. The molecule has 1 aliphatic rings. The van der Waals surface area contributed by atoms with Gasteiger partial charge in [-0.1, -0.05) is 12.1 Å². The Morgan fingerprint density at radius 2 is 2.05 bits per heavy atom. The van der Waals surface area contributed by atoms with Crippen molar-refractivity contribution in [3.8, 4) is 17.2 Å². The second-order valence-corrected chi connectivity index (χ2v) is 5.28. The number of benzene rings is 2. The first kappa shape index (κ1) is 14.3. The van der Waals surface area contributed by atoms with Gasteiger partial charge in [-0.15, -0.1) is 0 Å². The molecule has 1 unspecified atom stereocenters. The van der Waals surface area contributed by atoms with E-state index in [1.165, 1.54) is 21.0 Å². The third kappa shape index (κ3) is 1.70. The summed E-state index contributed by atoms with van der Waals surface area (Å²) in [6, 6.07) is 4.90. The van der Waals surface area contributed by atoms with Crippen molar-refractivity contribution >= 4 is 22.3 Å². The lowest BCUT2D eigenvalue weighted by Crippen LogP contribution is -2.36. The molecular formula is C16H14O6. The molecule has 0 aromatic heterocycles. The van der Waals surface area contributed by atoms with Crippen molar-refractivity contribution in [2.24, 2.45) is 0 Å². The standard InChI is InChI=1S/C16H14O6/c1-7(17)10-12-14(22-16(2,20)15(12)19)8-5-4-6-9(21-3)11(8)13(10)18/h4-6,18,20H,1-3H3. The molecule has 0 spiro atoms. The van der Waals surface area contributed by atoms with E-state index in [1.807, 2.05) is 0 Å². The van der Waals surface area contributed by atoms with Gasteiger partial charge in [0.15, 0.2) is 5.78 Å². The zero-order chi connectivity index (χ0) is 16.2. The van der Waals surface area contributed by atoms with Crippen LogP contribution in [0.3, 0.4) is 0 Å². The van der Waals surface area contributed by atoms with Crippen molar-refractivity contribution in [1.29, 1.82) is 0 Å². The number of aliphatic hydroxyl groups is 1. The molecule has 1 aliphatic heterocycles. The Kier molecular flexibility index (Phi) is 2.90. The van der Waals surface area contributed by atoms with Gasteiger partial charge in [0, 0.05) is 12.3 Å². The average Bonchev–Trinajstić information content (AvgIpc) is 2.70. The molecule has 2 aromatic carbocycles. The number of phenols is 1. The van der Waals surface area contributed by atoms with E-state index in [-0.39, 0.29) is 28.0 Å². The monoisotopic (exact) mass is 302 g/mol. The summed E-state index contributed by atoms with van der Waals surface area (Å²) in [6.07, 6.45) is 0. The fourth-order valence-electron chi connectivity index (χ4n) is 2.77. The van der Waals surface area contributed by atoms with E-state index in [0.717, 1.165) is 0 Å². The number of ether oxygens (including phenoxy) is 2. The summed E-state index contributed by atoms with van der Waals surface area (Å²) >= 11 is 0. The Hall–Kier alpha value is -2.60.